The molecular formula is C22H17ClN2O3. The summed E-state index contributed by atoms with van der Waals surface area (Å²) in [6.07, 6.45) is 1.47. The number of ether oxygens (including phenoxy) is 1. The minimum absolute atomic E-state index is 0.286. The lowest BCUT2D eigenvalue weighted by molar-refractivity contribution is 0.0734. The third kappa shape index (κ3) is 5.05. The highest BCUT2D eigenvalue weighted by atomic mass is 35.5. The Labute approximate surface area is 167 Å². The van der Waals surface area contributed by atoms with Gasteiger partial charge in [-0.25, -0.2) is 10.2 Å². The van der Waals surface area contributed by atoms with Crippen LogP contribution in [0.15, 0.2) is 77.9 Å². The van der Waals surface area contributed by atoms with Crippen molar-refractivity contribution in [3.05, 3.63) is 100 Å². The molecule has 0 atom stereocenters. The number of aryl methyl sites for hydroxylation is 1. The highest BCUT2D eigenvalue weighted by Gasteiger charge is 2.12. The van der Waals surface area contributed by atoms with Gasteiger partial charge >= 0.3 is 5.97 Å². The highest BCUT2D eigenvalue weighted by molar-refractivity contribution is 6.33. The van der Waals surface area contributed by atoms with Gasteiger partial charge in [-0.1, -0.05) is 53.6 Å². The van der Waals surface area contributed by atoms with Crippen molar-refractivity contribution in [3.8, 4) is 5.75 Å². The fourth-order valence-corrected chi connectivity index (χ4v) is 2.59. The second-order valence-corrected chi connectivity index (χ2v) is 6.41. The van der Waals surface area contributed by atoms with Gasteiger partial charge in [0.15, 0.2) is 0 Å². The smallest absolute Gasteiger partial charge is 0.345 e. The minimum Gasteiger partial charge on any atom is -0.423 e. The van der Waals surface area contributed by atoms with E-state index in [0.29, 0.717) is 21.9 Å². The van der Waals surface area contributed by atoms with Crippen LogP contribution in [-0.2, 0) is 0 Å². The van der Waals surface area contributed by atoms with E-state index in [2.05, 4.69) is 10.5 Å². The number of esters is 1. The predicted molar refractivity (Wildman–Crippen MR) is 109 cm³/mol. The first-order chi connectivity index (χ1) is 13.5. The van der Waals surface area contributed by atoms with Gasteiger partial charge in [0.2, 0.25) is 0 Å². The van der Waals surface area contributed by atoms with Crippen molar-refractivity contribution in [2.45, 2.75) is 6.92 Å². The van der Waals surface area contributed by atoms with Crippen LogP contribution in [0, 0.1) is 6.92 Å². The molecule has 3 aromatic rings. The number of hydrogen-bond donors (Lipinski definition) is 1. The van der Waals surface area contributed by atoms with E-state index in [9.17, 15) is 9.59 Å². The van der Waals surface area contributed by atoms with Crippen molar-refractivity contribution in [1.82, 2.24) is 5.43 Å². The fraction of sp³-hybridized carbons (Fsp3) is 0.0455. The van der Waals surface area contributed by atoms with Crippen LogP contribution in [0.25, 0.3) is 0 Å². The normalized spacial score (nSPS) is 10.6. The van der Waals surface area contributed by atoms with Gasteiger partial charge in [0.05, 0.1) is 16.8 Å². The molecule has 0 spiro atoms. The molecule has 140 valence electrons. The summed E-state index contributed by atoms with van der Waals surface area (Å²) in [4.78, 5) is 24.3. The molecule has 6 heteroatoms. The molecule has 0 bridgehead atoms. The lowest BCUT2D eigenvalue weighted by atomic mass is 10.1. The molecule has 0 fully saturated rings. The predicted octanol–water partition coefficient (Wildman–Crippen LogP) is 4.63. The Kier molecular flexibility index (Phi) is 6.19. The number of halogens is 1. The molecule has 1 amide bonds. The second-order valence-electron chi connectivity index (χ2n) is 6.01. The van der Waals surface area contributed by atoms with E-state index in [0.717, 1.165) is 5.56 Å². The summed E-state index contributed by atoms with van der Waals surface area (Å²) < 4.78 is 5.36. The zero-order chi connectivity index (χ0) is 19.9. The van der Waals surface area contributed by atoms with Crippen molar-refractivity contribution >= 4 is 29.7 Å². The summed E-state index contributed by atoms with van der Waals surface area (Å²) in [6.45, 7) is 1.95. The van der Waals surface area contributed by atoms with E-state index in [4.69, 9.17) is 16.3 Å². The molecule has 0 heterocycles. The Morgan fingerprint density at radius 1 is 1.00 bits per heavy atom. The topological polar surface area (TPSA) is 67.8 Å². The van der Waals surface area contributed by atoms with Crippen LogP contribution in [-0.4, -0.2) is 18.1 Å². The number of carbonyl (C=O) groups excluding carboxylic acids is 2. The van der Waals surface area contributed by atoms with Crippen molar-refractivity contribution < 1.29 is 14.3 Å². The largest absolute Gasteiger partial charge is 0.423 e. The molecule has 0 aliphatic rings. The van der Waals surface area contributed by atoms with Crippen molar-refractivity contribution in [2.24, 2.45) is 5.10 Å². The fourth-order valence-electron chi connectivity index (χ4n) is 2.38. The van der Waals surface area contributed by atoms with Gasteiger partial charge in [-0.3, -0.25) is 4.79 Å². The van der Waals surface area contributed by atoms with E-state index in [1.54, 1.807) is 60.7 Å². The number of carbonyl (C=O) groups is 2. The summed E-state index contributed by atoms with van der Waals surface area (Å²) in [5, 5.41) is 4.27. The minimum atomic E-state index is -0.549. The number of hydrazone groups is 1. The van der Waals surface area contributed by atoms with Crippen LogP contribution in [0.4, 0.5) is 0 Å². The Morgan fingerprint density at radius 2 is 1.75 bits per heavy atom. The van der Waals surface area contributed by atoms with E-state index >= 15 is 0 Å². The van der Waals surface area contributed by atoms with Gasteiger partial charge in [-0.2, -0.15) is 5.10 Å². The van der Waals surface area contributed by atoms with Gasteiger partial charge < -0.3 is 4.74 Å². The first kappa shape index (κ1) is 19.3. The lowest BCUT2D eigenvalue weighted by Gasteiger charge is -2.06. The molecule has 0 unspecified atom stereocenters. The third-order valence-electron chi connectivity index (χ3n) is 3.86. The number of rotatable bonds is 5. The molecule has 0 aromatic heterocycles. The molecule has 0 saturated heterocycles. The standard InChI is InChI=1S/C22H17ClN2O3/c1-15-9-11-17(12-10-15)21(26)25-24-14-16-5-4-6-18(13-16)28-22(27)19-7-2-3-8-20(19)23/h2-14H,1H3,(H,25,26)/b24-14+. The summed E-state index contributed by atoms with van der Waals surface area (Å²) in [5.74, 6) is -0.511. The SMILES string of the molecule is Cc1ccc(C(=O)N/N=C/c2cccc(OC(=O)c3ccccc3Cl)c2)cc1. The van der Waals surface area contributed by atoms with Crippen LogP contribution < -0.4 is 10.2 Å². The van der Waals surface area contributed by atoms with E-state index < -0.39 is 5.97 Å². The van der Waals surface area contributed by atoms with E-state index in [-0.39, 0.29) is 11.5 Å². The van der Waals surface area contributed by atoms with Crippen LogP contribution in [0.5, 0.6) is 5.75 Å². The second kappa shape index (κ2) is 8.97. The van der Waals surface area contributed by atoms with Gasteiger partial charge in [0.1, 0.15) is 5.75 Å². The Hall–Kier alpha value is -3.44. The molecular weight excluding hydrogens is 376 g/mol. The van der Waals surface area contributed by atoms with Crippen molar-refractivity contribution in [3.63, 3.8) is 0 Å². The number of amides is 1. The zero-order valence-corrected chi connectivity index (χ0v) is 15.8. The first-order valence-electron chi connectivity index (χ1n) is 8.50. The van der Waals surface area contributed by atoms with E-state index in [1.165, 1.54) is 6.21 Å². The molecule has 1 N–H and O–H groups in total. The highest BCUT2D eigenvalue weighted by Crippen LogP contribution is 2.19. The van der Waals surface area contributed by atoms with Gasteiger partial charge in [0, 0.05) is 5.56 Å². The molecule has 0 aliphatic heterocycles. The molecule has 0 radical (unpaired) electrons. The van der Waals surface area contributed by atoms with Gasteiger partial charge in [0.25, 0.3) is 5.91 Å². The Bertz CT molecular complexity index is 1030. The van der Waals surface area contributed by atoms with Crippen LogP contribution in [0.3, 0.4) is 0 Å². The summed E-state index contributed by atoms with van der Waals surface area (Å²) in [5.41, 5.74) is 5.00. The van der Waals surface area contributed by atoms with Crippen molar-refractivity contribution in [1.29, 1.82) is 0 Å². The maximum atomic E-state index is 12.2. The molecule has 3 aromatic carbocycles. The van der Waals surface area contributed by atoms with Crippen LogP contribution >= 0.6 is 11.6 Å². The first-order valence-corrected chi connectivity index (χ1v) is 8.87. The van der Waals surface area contributed by atoms with Gasteiger partial charge in [-0.15, -0.1) is 0 Å². The molecule has 3 rings (SSSR count). The summed E-state index contributed by atoms with van der Waals surface area (Å²) >= 11 is 6.01. The van der Waals surface area contributed by atoms with Crippen LogP contribution in [0.2, 0.25) is 5.02 Å². The average Bonchev–Trinajstić information content (AvgIpc) is 2.69. The van der Waals surface area contributed by atoms with Gasteiger partial charge in [-0.05, 0) is 48.9 Å². The quantitative estimate of drug-likeness (QED) is 0.298. The Morgan fingerprint density at radius 3 is 2.50 bits per heavy atom. The van der Waals surface area contributed by atoms with Crippen LogP contribution in [0.1, 0.15) is 31.8 Å². The maximum absolute atomic E-state index is 12.2. The lowest BCUT2D eigenvalue weighted by Crippen LogP contribution is -2.17. The summed E-state index contributed by atoms with van der Waals surface area (Å²) in [7, 11) is 0. The number of benzene rings is 3. The average molecular weight is 393 g/mol. The number of hydrogen-bond acceptors (Lipinski definition) is 4. The number of nitrogens with zero attached hydrogens (tertiary/aromatic N) is 1. The molecule has 0 saturated carbocycles. The maximum Gasteiger partial charge on any atom is 0.345 e. The molecule has 5 nitrogen and oxygen atoms in total. The molecule has 0 aliphatic carbocycles. The van der Waals surface area contributed by atoms with E-state index in [1.807, 2.05) is 19.1 Å². The zero-order valence-electron chi connectivity index (χ0n) is 15.1. The molecule has 28 heavy (non-hydrogen) atoms. The summed E-state index contributed by atoms with van der Waals surface area (Å²) in [6, 6.07) is 20.6. The Balaban J connectivity index is 1.63. The monoisotopic (exact) mass is 392 g/mol. The third-order valence-corrected chi connectivity index (χ3v) is 4.19. The van der Waals surface area contributed by atoms with Crippen molar-refractivity contribution in [2.75, 3.05) is 0 Å². The number of nitrogens with one attached hydrogen (secondary N) is 1.